The van der Waals surface area contributed by atoms with Gasteiger partial charge in [-0.05, 0) is 58.3 Å². The molecule has 2 aliphatic rings. The van der Waals surface area contributed by atoms with Crippen molar-refractivity contribution in [1.82, 2.24) is 4.90 Å². The van der Waals surface area contributed by atoms with Gasteiger partial charge in [0.1, 0.15) is 5.60 Å². The number of piperidine rings is 1. The highest BCUT2D eigenvalue weighted by Gasteiger charge is 2.46. The van der Waals surface area contributed by atoms with Crippen LogP contribution in [0.15, 0.2) is 24.3 Å². The number of likely N-dealkylation sites (tertiary alicyclic amines) is 1. The van der Waals surface area contributed by atoms with Crippen LogP contribution in [0.3, 0.4) is 0 Å². The standard InChI is InChI=1S/C18H24N2O2/c1-17(2,3)22-16(21)20-13-18(9-11-19(4)12-10-18)14-7-5-6-8-15(14)20/h4-8H,9-13H2,1-3H3. The molecular weight excluding hydrogens is 276 g/mol. The zero-order chi connectivity index (χ0) is 16.0. The number of fused-ring (bicyclic) bond motifs is 2. The minimum Gasteiger partial charge on any atom is -0.443 e. The number of hydrogen-bond donors (Lipinski definition) is 0. The molecule has 0 aromatic heterocycles. The molecule has 3 rings (SSSR count). The van der Waals surface area contributed by atoms with Crippen LogP contribution in [-0.4, -0.2) is 36.2 Å². The first-order valence-electron chi connectivity index (χ1n) is 7.90. The Kier molecular flexibility index (Phi) is 3.68. The van der Waals surface area contributed by atoms with Gasteiger partial charge in [0.05, 0.1) is 5.69 Å². The second-order valence-corrected chi connectivity index (χ2v) is 7.40. The summed E-state index contributed by atoms with van der Waals surface area (Å²) in [5.41, 5.74) is 1.78. The van der Waals surface area contributed by atoms with E-state index in [1.165, 1.54) is 5.56 Å². The number of ether oxygens (including phenoxy) is 1. The summed E-state index contributed by atoms with van der Waals surface area (Å²) in [6, 6.07) is 8.19. The lowest BCUT2D eigenvalue weighted by Gasteiger charge is -2.38. The van der Waals surface area contributed by atoms with Crippen molar-refractivity contribution < 1.29 is 9.53 Å². The molecule has 0 bridgehead atoms. The monoisotopic (exact) mass is 300 g/mol. The zero-order valence-corrected chi connectivity index (χ0v) is 13.6. The summed E-state index contributed by atoms with van der Waals surface area (Å²) < 4.78 is 5.59. The van der Waals surface area contributed by atoms with E-state index in [9.17, 15) is 4.79 Å². The van der Waals surface area contributed by atoms with Crippen LogP contribution in [0.5, 0.6) is 0 Å². The van der Waals surface area contributed by atoms with Crippen LogP contribution in [-0.2, 0) is 10.2 Å². The summed E-state index contributed by atoms with van der Waals surface area (Å²) in [7, 11) is 5.91. The van der Waals surface area contributed by atoms with Crippen molar-refractivity contribution in [1.29, 1.82) is 0 Å². The van der Waals surface area contributed by atoms with Crippen molar-refractivity contribution in [2.24, 2.45) is 0 Å². The van der Waals surface area contributed by atoms with Gasteiger partial charge in [-0.2, -0.15) is 0 Å². The molecule has 1 amide bonds. The number of carbonyl (C=O) groups is 1. The number of rotatable bonds is 0. The molecule has 0 atom stereocenters. The lowest BCUT2D eigenvalue weighted by Crippen LogP contribution is -2.45. The molecule has 1 spiro atoms. The Morgan fingerprint density at radius 2 is 1.86 bits per heavy atom. The molecule has 4 heteroatoms. The van der Waals surface area contributed by atoms with E-state index in [1.54, 1.807) is 4.90 Å². The third-order valence-electron chi connectivity index (χ3n) is 4.60. The molecule has 22 heavy (non-hydrogen) atoms. The number of anilines is 1. The fourth-order valence-corrected chi connectivity index (χ4v) is 3.49. The molecule has 1 aromatic carbocycles. The molecule has 0 N–H and O–H groups in total. The Balaban J connectivity index is 1.91. The smallest absolute Gasteiger partial charge is 0.414 e. The molecule has 118 valence electrons. The Bertz CT molecular complexity index is 569. The van der Waals surface area contributed by atoms with E-state index in [0.29, 0.717) is 6.54 Å². The van der Waals surface area contributed by atoms with Crippen LogP contribution < -0.4 is 4.90 Å². The minimum atomic E-state index is -0.484. The van der Waals surface area contributed by atoms with Gasteiger partial charge in [0.25, 0.3) is 0 Å². The molecule has 1 saturated heterocycles. The lowest BCUT2D eigenvalue weighted by molar-refractivity contribution is 0.0573. The van der Waals surface area contributed by atoms with Gasteiger partial charge in [-0.1, -0.05) is 18.2 Å². The molecule has 0 saturated carbocycles. The Hall–Kier alpha value is -1.55. The summed E-state index contributed by atoms with van der Waals surface area (Å²) in [6.45, 7) is 8.10. The van der Waals surface area contributed by atoms with Gasteiger partial charge in [-0.25, -0.2) is 4.79 Å². The van der Waals surface area contributed by atoms with Gasteiger partial charge in [0.15, 0.2) is 0 Å². The predicted octanol–water partition coefficient (Wildman–Crippen LogP) is 3.44. The number of nitrogens with zero attached hydrogens (tertiary/aromatic N) is 2. The number of carbonyl (C=O) groups excluding carboxylic acids is 1. The van der Waals surface area contributed by atoms with Crippen molar-refractivity contribution in [2.45, 2.75) is 44.6 Å². The zero-order valence-electron chi connectivity index (χ0n) is 13.6. The second-order valence-electron chi connectivity index (χ2n) is 7.40. The molecule has 1 fully saturated rings. The van der Waals surface area contributed by atoms with Gasteiger partial charge in [-0.15, -0.1) is 0 Å². The number of hydrogen-bond acceptors (Lipinski definition) is 3. The lowest BCUT2D eigenvalue weighted by atomic mass is 9.74. The average Bonchev–Trinajstić information content (AvgIpc) is 2.76. The second kappa shape index (κ2) is 5.27. The summed E-state index contributed by atoms with van der Waals surface area (Å²) in [6.07, 6.45) is 1.69. The molecule has 4 nitrogen and oxygen atoms in total. The van der Waals surface area contributed by atoms with Crippen LogP contribution in [0.1, 0.15) is 39.2 Å². The highest BCUT2D eigenvalue weighted by molar-refractivity contribution is 5.91. The molecule has 2 heterocycles. The summed E-state index contributed by atoms with van der Waals surface area (Å²) in [4.78, 5) is 16.2. The van der Waals surface area contributed by atoms with Crippen LogP contribution in [0, 0.1) is 7.05 Å². The molecule has 2 radical (unpaired) electrons. The summed E-state index contributed by atoms with van der Waals surface area (Å²) in [5.74, 6) is 0. The summed E-state index contributed by atoms with van der Waals surface area (Å²) in [5, 5.41) is 0. The van der Waals surface area contributed by atoms with Crippen LogP contribution >= 0.6 is 0 Å². The van der Waals surface area contributed by atoms with E-state index in [1.807, 2.05) is 43.9 Å². The average molecular weight is 300 g/mol. The third-order valence-corrected chi connectivity index (χ3v) is 4.60. The number of para-hydroxylation sites is 1. The van der Waals surface area contributed by atoms with E-state index in [0.717, 1.165) is 31.6 Å². The molecule has 2 aliphatic heterocycles. The van der Waals surface area contributed by atoms with Crippen LogP contribution in [0.25, 0.3) is 0 Å². The van der Waals surface area contributed by atoms with E-state index in [-0.39, 0.29) is 11.5 Å². The summed E-state index contributed by atoms with van der Waals surface area (Å²) >= 11 is 0. The molecule has 0 unspecified atom stereocenters. The van der Waals surface area contributed by atoms with Crippen molar-refractivity contribution >= 4 is 11.8 Å². The first kappa shape index (κ1) is 15.3. The first-order chi connectivity index (χ1) is 10.3. The Morgan fingerprint density at radius 1 is 1.23 bits per heavy atom. The van der Waals surface area contributed by atoms with E-state index in [2.05, 4.69) is 6.07 Å². The first-order valence-corrected chi connectivity index (χ1v) is 7.90. The fourth-order valence-electron chi connectivity index (χ4n) is 3.49. The van der Waals surface area contributed by atoms with Gasteiger partial charge in [0, 0.05) is 19.0 Å². The van der Waals surface area contributed by atoms with Gasteiger partial charge >= 0.3 is 6.09 Å². The highest BCUT2D eigenvalue weighted by Crippen LogP contribution is 2.47. The number of benzene rings is 1. The van der Waals surface area contributed by atoms with E-state index < -0.39 is 5.60 Å². The van der Waals surface area contributed by atoms with Crippen molar-refractivity contribution in [3.05, 3.63) is 36.9 Å². The maximum Gasteiger partial charge on any atom is 0.414 e. The Labute approximate surface area is 133 Å². The molecular formula is C18H24N2O2. The SMILES string of the molecule is [CH]N1CCC2(CC1)CN(C(=O)OC(C)(C)C)c1ccccc12. The minimum absolute atomic E-state index is 0.0172. The number of amides is 1. The largest absolute Gasteiger partial charge is 0.443 e. The third kappa shape index (κ3) is 2.72. The fraction of sp³-hybridized carbons (Fsp3) is 0.556. The van der Waals surface area contributed by atoms with E-state index >= 15 is 0 Å². The van der Waals surface area contributed by atoms with Crippen molar-refractivity contribution in [3.63, 3.8) is 0 Å². The predicted molar refractivity (Wildman–Crippen MR) is 86.8 cm³/mol. The molecule has 0 aliphatic carbocycles. The topological polar surface area (TPSA) is 32.8 Å². The van der Waals surface area contributed by atoms with Crippen molar-refractivity contribution in [2.75, 3.05) is 24.5 Å². The highest BCUT2D eigenvalue weighted by atomic mass is 16.6. The van der Waals surface area contributed by atoms with Crippen molar-refractivity contribution in [3.8, 4) is 0 Å². The quantitative estimate of drug-likeness (QED) is 0.736. The normalized spacial score (nSPS) is 21.0. The van der Waals surface area contributed by atoms with Gasteiger partial charge < -0.3 is 4.74 Å². The maximum absolute atomic E-state index is 12.6. The molecule has 1 aromatic rings. The van der Waals surface area contributed by atoms with E-state index in [4.69, 9.17) is 11.8 Å². The van der Waals surface area contributed by atoms with Gasteiger partial charge in [0.2, 0.25) is 0 Å². The van der Waals surface area contributed by atoms with Crippen LogP contribution in [0.2, 0.25) is 0 Å². The maximum atomic E-state index is 12.6. The Morgan fingerprint density at radius 3 is 2.50 bits per heavy atom. The van der Waals surface area contributed by atoms with Gasteiger partial charge in [-0.3, -0.25) is 9.80 Å². The van der Waals surface area contributed by atoms with Crippen LogP contribution in [0.4, 0.5) is 10.5 Å².